The predicted octanol–water partition coefficient (Wildman–Crippen LogP) is 1.62. The van der Waals surface area contributed by atoms with Gasteiger partial charge in [-0.15, -0.1) is 0 Å². The van der Waals surface area contributed by atoms with Crippen LogP contribution >= 0.6 is 0 Å². The third-order valence-electron chi connectivity index (χ3n) is 4.07. The van der Waals surface area contributed by atoms with E-state index in [1.165, 1.54) is 0 Å². The zero-order valence-electron chi connectivity index (χ0n) is 11.6. The fourth-order valence-corrected chi connectivity index (χ4v) is 2.44. The highest BCUT2D eigenvalue weighted by Crippen LogP contribution is 2.28. The van der Waals surface area contributed by atoms with Gasteiger partial charge in [-0.2, -0.15) is 0 Å². The van der Waals surface area contributed by atoms with Crippen LogP contribution in [-0.4, -0.2) is 24.1 Å². The molecule has 0 fully saturated rings. The minimum Gasteiger partial charge on any atom is -0.480 e. The zero-order chi connectivity index (χ0) is 13.9. The number of fused-ring (bicyclic) bond motifs is 1. The first-order valence-corrected chi connectivity index (χ1v) is 6.90. The first kappa shape index (κ1) is 13.9. The molecule has 4 nitrogen and oxygen atoms in total. The Labute approximate surface area is 114 Å². The molecule has 4 heteroatoms. The largest absolute Gasteiger partial charge is 0.480 e. The number of hydrogen-bond acceptors (Lipinski definition) is 3. The van der Waals surface area contributed by atoms with Crippen molar-refractivity contribution in [3.63, 3.8) is 0 Å². The summed E-state index contributed by atoms with van der Waals surface area (Å²) in [6, 6.07) is 7.78. The van der Waals surface area contributed by atoms with Crippen molar-refractivity contribution in [2.45, 2.75) is 44.8 Å². The average molecular weight is 262 g/mol. The molecule has 0 bridgehead atoms. The van der Waals surface area contributed by atoms with Crippen molar-refractivity contribution in [2.24, 2.45) is 5.73 Å². The van der Waals surface area contributed by atoms with Gasteiger partial charge in [0, 0.05) is 13.0 Å². The summed E-state index contributed by atoms with van der Waals surface area (Å²) in [5, 5.41) is 3.07. The number of amides is 1. The van der Waals surface area contributed by atoms with Gasteiger partial charge in [0.1, 0.15) is 5.75 Å². The molecule has 1 heterocycles. The Hall–Kier alpha value is -1.55. The van der Waals surface area contributed by atoms with Crippen molar-refractivity contribution in [3.8, 4) is 5.75 Å². The maximum atomic E-state index is 12.3. The molecule has 0 aromatic heterocycles. The van der Waals surface area contributed by atoms with Crippen molar-refractivity contribution in [1.82, 2.24) is 5.32 Å². The molecule has 1 atom stereocenters. The highest BCUT2D eigenvalue weighted by atomic mass is 16.5. The molecule has 1 aliphatic rings. The molecular weight excluding hydrogens is 240 g/mol. The molecule has 19 heavy (non-hydrogen) atoms. The Balaban J connectivity index is 2.03. The Kier molecular flexibility index (Phi) is 4.10. The van der Waals surface area contributed by atoms with E-state index in [4.69, 9.17) is 10.5 Å². The molecule has 3 N–H and O–H groups in total. The van der Waals surface area contributed by atoms with Gasteiger partial charge in [-0.3, -0.25) is 4.79 Å². The second kappa shape index (κ2) is 5.61. The third-order valence-corrected chi connectivity index (χ3v) is 4.07. The fraction of sp³-hybridized carbons (Fsp3) is 0.533. The van der Waals surface area contributed by atoms with Crippen molar-refractivity contribution < 1.29 is 9.53 Å². The van der Waals surface area contributed by atoms with Gasteiger partial charge in [-0.1, -0.05) is 32.0 Å². The van der Waals surface area contributed by atoms with Crippen LogP contribution in [-0.2, 0) is 11.2 Å². The maximum absolute atomic E-state index is 12.3. The molecule has 0 aliphatic carbocycles. The van der Waals surface area contributed by atoms with Crippen molar-refractivity contribution in [1.29, 1.82) is 0 Å². The summed E-state index contributed by atoms with van der Waals surface area (Å²) < 4.78 is 5.70. The van der Waals surface area contributed by atoms with E-state index in [0.717, 1.165) is 24.2 Å². The van der Waals surface area contributed by atoms with Gasteiger partial charge in [-0.05, 0) is 24.5 Å². The number of para-hydroxylation sites is 1. The Bertz CT molecular complexity index is 422. The molecule has 1 aromatic carbocycles. The fourth-order valence-electron chi connectivity index (χ4n) is 2.44. The lowest BCUT2D eigenvalue weighted by atomic mass is 9.92. The van der Waals surface area contributed by atoms with Crippen LogP contribution in [0.4, 0.5) is 0 Å². The smallest absolute Gasteiger partial charge is 0.261 e. The van der Waals surface area contributed by atoms with Gasteiger partial charge in [-0.25, -0.2) is 0 Å². The van der Waals surface area contributed by atoms with Gasteiger partial charge < -0.3 is 15.8 Å². The number of nitrogens with two attached hydrogens (primary N) is 1. The second-order valence-electron chi connectivity index (χ2n) is 5.10. The van der Waals surface area contributed by atoms with E-state index in [0.29, 0.717) is 13.0 Å². The van der Waals surface area contributed by atoms with E-state index >= 15 is 0 Å². The number of rotatable bonds is 5. The van der Waals surface area contributed by atoms with Gasteiger partial charge >= 0.3 is 0 Å². The summed E-state index contributed by atoms with van der Waals surface area (Å²) in [6.45, 7) is 4.53. The molecule has 104 valence electrons. The van der Waals surface area contributed by atoms with Crippen LogP contribution < -0.4 is 15.8 Å². The van der Waals surface area contributed by atoms with Crippen LogP contribution in [0.2, 0.25) is 0 Å². The molecule has 0 saturated carbocycles. The predicted molar refractivity (Wildman–Crippen MR) is 75.1 cm³/mol. The van der Waals surface area contributed by atoms with E-state index in [1.807, 2.05) is 38.1 Å². The van der Waals surface area contributed by atoms with E-state index in [-0.39, 0.29) is 11.4 Å². The topological polar surface area (TPSA) is 64.3 Å². The van der Waals surface area contributed by atoms with Crippen LogP contribution in [0.15, 0.2) is 24.3 Å². The van der Waals surface area contributed by atoms with E-state index < -0.39 is 6.10 Å². The lowest BCUT2D eigenvalue weighted by Crippen LogP contribution is -2.56. The molecule has 2 rings (SSSR count). The van der Waals surface area contributed by atoms with Crippen LogP contribution in [0, 0.1) is 0 Å². The summed E-state index contributed by atoms with van der Waals surface area (Å²) in [7, 11) is 0. The van der Waals surface area contributed by atoms with Crippen molar-refractivity contribution >= 4 is 5.91 Å². The SMILES string of the molecule is CCC(CC)(CN)NC(=O)C1Cc2ccccc2O1. The first-order chi connectivity index (χ1) is 9.14. The van der Waals surface area contributed by atoms with Crippen LogP contribution in [0.1, 0.15) is 32.3 Å². The Morgan fingerprint density at radius 1 is 1.42 bits per heavy atom. The Morgan fingerprint density at radius 3 is 2.68 bits per heavy atom. The summed E-state index contributed by atoms with van der Waals surface area (Å²) in [5.41, 5.74) is 6.59. The van der Waals surface area contributed by atoms with Gasteiger partial charge in [0.2, 0.25) is 0 Å². The average Bonchev–Trinajstić information content (AvgIpc) is 2.89. The summed E-state index contributed by atoms with van der Waals surface area (Å²) in [4.78, 5) is 12.3. The van der Waals surface area contributed by atoms with Crippen LogP contribution in [0.25, 0.3) is 0 Å². The maximum Gasteiger partial charge on any atom is 0.261 e. The normalized spacial score (nSPS) is 17.7. The summed E-state index contributed by atoms with van der Waals surface area (Å²) in [5.74, 6) is 0.749. The number of carbonyl (C=O) groups is 1. The number of hydrogen-bond donors (Lipinski definition) is 2. The van der Waals surface area contributed by atoms with E-state index in [2.05, 4.69) is 5.32 Å². The number of carbonyl (C=O) groups excluding carboxylic acids is 1. The second-order valence-corrected chi connectivity index (χ2v) is 5.10. The van der Waals surface area contributed by atoms with Gasteiger partial charge in [0.25, 0.3) is 5.91 Å². The molecule has 1 aromatic rings. The summed E-state index contributed by atoms with van der Waals surface area (Å²) in [6.07, 6.45) is 1.86. The van der Waals surface area contributed by atoms with E-state index in [1.54, 1.807) is 0 Å². The zero-order valence-corrected chi connectivity index (χ0v) is 11.6. The molecule has 0 radical (unpaired) electrons. The minimum atomic E-state index is -0.429. The third kappa shape index (κ3) is 2.73. The van der Waals surface area contributed by atoms with Gasteiger partial charge in [0.05, 0.1) is 5.54 Å². The molecule has 0 spiro atoms. The molecule has 1 unspecified atom stereocenters. The first-order valence-electron chi connectivity index (χ1n) is 6.90. The van der Waals surface area contributed by atoms with Crippen molar-refractivity contribution in [2.75, 3.05) is 6.54 Å². The number of benzene rings is 1. The summed E-state index contributed by atoms with van der Waals surface area (Å²) >= 11 is 0. The minimum absolute atomic E-state index is 0.0645. The number of ether oxygens (including phenoxy) is 1. The van der Waals surface area contributed by atoms with Crippen LogP contribution in [0.5, 0.6) is 5.75 Å². The highest BCUT2D eigenvalue weighted by Gasteiger charge is 2.34. The lowest BCUT2D eigenvalue weighted by Gasteiger charge is -2.32. The lowest BCUT2D eigenvalue weighted by molar-refractivity contribution is -0.129. The molecule has 1 aliphatic heterocycles. The highest BCUT2D eigenvalue weighted by molar-refractivity contribution is 5.83. The van der Waals surface area contributed by atoms with Crippen LogP contribution in [0.3, 0.4) is 0 Å². The molecule has 0 saturated heterocycles. The molecular formula is C15H22N2O2. The Morgan fingerprint density at radius 2 is 2.11 bits per heavy atom. The number of nitrogens with one attached hydrogen (secondary N) is 1. The van der Waals surface area contributed by atoms with Gasteiger partial charge in [0.15, 0.2) is 6.10 Å². The standard InChI is InChI=1S/C15H22N2O2/c1-3-15(4-2,10-16)17-14(18)13-9-11-7-5-6-8-12(11)19-13/h5-8,13H,3-4,9-10,16H2,1-2H3,(H,17,18). The molecule has 1 amide bonds. The quantitative estimate of drug-likeness (QED) is 0.847. The monoisotopic (exact) mass is 262 g/mol. The van der Waals surface area contributed by atoms with E-state index in [9.17, 15) is 4.79 Å². The van der Waals surface area contributed by atoms with Crippen molar-refractivity contribution in [3.05, 3.63) is 29.8 Å².